The number of unbranched alkanes of at least 4 members (excludes halogenated alkanes) is 1. The molecule has 2 N–H and O–H groups in total. The smallest absolute Gasteiger partial charge is 0.408 e. The normalized spacial score (nSPS) is 13.4. The van der Waals surface area contributed by atoms with E-state index in [1.807, 2.05) is 20.8 Å². The largest absolute Gasteiger partial charge is 0.468 e. The van der Waals surface area contributed by atoms with Gasteiger partial charge in [-0.2, -0.15) is 0 Å². The third-order valence-corrected chi connectivity index (χ3v) is 5.79. The number of hydrogen-bond acceptors (Lipinski definition) is 6. The third-order valence-electron chi connectivity index (χ3n) is 5.79. The molecule has 9 heteroatoms. The van der Waals surface area contributed by atoms with Gasteiger partial charge in [0.2, 0.25) is 11.8 Å². The maximum Gasteiger partial charge on any atom is 0.408 e. The molecule has 0 radical (unpaired) electrons. The highest BCUT2D eigenvalue weighted by Crippen LogP contribution is 2.27. The number of benzene rings is 1. The molecule has 0 spiro atoms. The molecule has 0 fully saturated rings. The lowest BCUT2D eigenvalue weighted by Crippen LogP contribution is -2.55. The van der Waals surface area contributed by atoms with Gasteiger partial charge in [0, 0.05) is 12.1 Å². The number of nitrogens with zero attached hydrogens (tertiary/aromatic N) is 1. The van der Waals surface area contributed by atoms with Crippen molar-refractivity contribution in [2.45, 2.75) is 78.5 Å². The zero-order chi connectivity index (χ0) is 28.2. The van der Waals surface area contributed by atoms with Gasteiger partial charge < -0.3 is 25.0 Å². The second-order valence-corrected chi connectivity index (χ2v) is 9.82. The van der Waals surface area contributed by atoms with Crippen LogP contribution >= 0.6 is 0 Å². The van der Waals surface area contributed by atoms with E-state index in [-0.39, 0.29) is 19.0 Å². The van der Waals surface area contributed by atoms with Crippen molar-refractivity contribution in [1.29, 1.82) is 0 Å². The Bertz CT molecular complexity index is 979. The Morgan fingerprint density at radius 3 is 2.32 bits per heavy atom. The molecule has 0 bridgehead atoms. The molecule has 3 atom stereocenters. The minimum Gasteiger partial charge on any atom is -0.468 e. The van der Waals surface area contributed by atoms with Crippen molar-refractivity contribution < 1.29 is 28.7 Å². The van der Waals surface area contributed by atoms with Crippen LogP contribution in [0.15, 0.2) is 24.3 Å². The predicted molar refractivity (Wildman–Crippen MR) is 141 cm³/mol. The number of carbonyl (C=O) groups is 4. The number of alkyl carbamates (subject to hydrolysis) is 1. The molecular weight excluding hydrogens is 474 g/mol. The van der Waals surface area contributed by atoms with E-state index in [1.54, 1.807) is 45.0 Å². The van der Waals surface area contributed by atoms with Crippen LogP contribution in [0.4, 0.5) is 4.79 Å². The summed E-state index contributed by atoms with van der Waals surface area (Å²) >= 11 is 0. The number of methoxy groups -OCH3 is 1. The summed E-state index contributed by atoms with van der Waals surface area (Å²) in [5.41, 5.74) is 0.129. The number of nitrogens with one attached hydrogen (secondary N) is 2. The summed E-state index contributed by atoms with van der Waals surface area (Å²) in [6.45, 7) is 10.8. The highest BCUT2D eigenvalue weighted by atomic mass is 16.6. The van der Waals surface area contributed by atoms with Crippen LogP contribution in [0, 0.1) is 18.3 Å². The van der Waals surface area contributed by atoms with E-state index in [9.17, 15) is 19.2 Å². The zero-order valence-electron chi connectivity index (χ0n) is 23.1. The number of ether oxygens (including phenoxy) is 2. The molecule has 0 aliphatic heterocycles. The standard InChI is InChI=1S/C28H41N3O6/c1-9-12-17-31(26(34)23(19(4)10-2)30-27(35)37-28(5,6)7)24(25(33)29-18-22(32)36-8)21-16-14-13-15-20(21)11-3/h3,13-16,19,23-24H,9-10,12,17-18H2,1-2,4-8H3,(H,29,33)(H,30,35). The predicted octanol–water partition coefficient (Wildman–Crippen LogP) is 3.57. The number of amides is 3. The molecule has 0 heterocycles. The van der Waals surface area contributed by atoms with Gasteiger partial charge in [-0.1, -0.05) is 57.7 Å². The van der Waals surface area contributed by atoms with Crippen molar-refractivity contribution in [3.8, 4) is 12.3 Å². The Kier molecular flexibility index (Phi) is 12.7. The third kappa shape index (κ3) is 9.79. The van der Waals surface area contributed by atoms with Crippen LogP contribution in [0.25, 0.3) is 0 Å². The molecule has 1 aromatic carbocycles. The summed E-state index contributed by atoms with van der Waals surface area (Å²) in [7, 11) is 1.22. The van der Waals surface area contributed by atoms with Crippen molar-refractivity contribution in [2.24, 2.45) is 5.92 Å². The lowest BCUT2D eigenvalue weighted by molar-refractivity contribution is -0.145. The van der Waals surface area contributed by atoms with Crippen molar-refractivity contribution >= 4 is 23.9 Å². The maximum atomic E-state index is 14.1. The Hall–Kier alpha value is -3.54. The van der Waals surface area contributed by atoms with Gasteiger partial charge in [0.25, 0.3) is 0 Å². The van der Waals surface area contributed by atoms with Crippen LogP contribution in [0.5, 0.6) is 0 Å². The van der Waals surface area contributed by atoms with Gasteiger partial charge >= 0.3 is 12.1 Å². The lowest BCUT2D eigenvalue weighted by atomic mass is 9.94. The van der Waals surface area contributed by atoms with Gasteiger partial charge in [-0.25, -0.2) is 4.79 Å². The van der Waals surface area contributed by atoms with Crippen molar-refractivity contribution in [3.05, 3.63) is 35.4 Å². The van der Waals surface area contributed by atoms with Crippen molar-refractivity contribution in [1.82, 2.24) is 15.5 Å². The van der Waals surface area contributed by atoms with E-state index >= 15 is 0 Å². The Labute approximate surface area is 220 Å². The van der Waals surface area contributed by atoms with E-state index in [0.29, 0.717) is 24.0 Å². The molecule has 0 aliphatic carbocycles. The molecule has 37 heavy (non-hydrogen) atoms. The summed E-state index contributed by atoms with van der Waals surface area (Å²) in [6.07, 6.45) is 6.95. The summed E-state index contributed by atoms with van der Waals surface area (Å²) in [6, 6.07) is 4.75. The Morgan fingerprint density at radius 1 is 1.14 bits per heavy atom. The second kappa shape index (κ2) is 14.9. The molecule has 1 rings (SSSR count). The Balaban J connectivity index is 3.58. The molecule has 9 nitrogen and oxygen atoms in total. The first-order chi connectivity index (χ1) is 17.4. The van der Waals surface area contributed by atoms with Crippen LogP contribution in [0.2, 0.25) is 0 Å². The maximum absolute atomic E-state index is 14.1. The van der Waals surface area contributed by atoms with E-state index in [4.69, 9.17) is 11.2 Å². The summed E-state index contributed by atoms with van der Waals surface area (Å²) in [4.78, 5) is 53.4. The average Bonchev–Trinajstić information content (AvgIpc) is 2.86. The number of hydrogen-bond donors (Lipinski definition) is 2. The number of esters is 1. The first kappa shape index (κ1) is 31.5. The van der Waals surface area contributed by atoms with E-state index in [0.717, 1.165) is 6.42 Å². The summed E-state index contributed by atoms with van der Waals surface area (Å²) < 4.78 is 10.0. The number of rotatable bonds is 12. The van der Waals surface area contributed by atoms with E-state index < -0.39 is 41.6 Å². The summed E-state index contributed by atoms with van der Waals surface area (Å²) in [5, 5.41) is 5.28. The monoisotopic (exact) mass is 515 g/mol. The van der Waals surface area contributed by atoms with Crippen molar-refractivity contribution in [2.75, 3.05) is 20.2 Å². The van der Waals surface area contributed by atoms with Gasteiger partial charge in [0.05, 0.1) is 7.11 Å². The number of terminal acetylenes is 1. The van der Waals surface area contributed by atoms with Gasteiger partial charge in [0.15, 0.2) is 0 Å². The quantitative estimate of drug-likeness (QED) is 0.325. The number of carbonyl (C=O) groups excluding carboxylic acids is 4. The average molecular weight is 516 g/mol. The molecule has 0 aliphatic rings. The first-order valence-corrected chi connectivity index (χ1v) is 12.6. The van der Waals surface area contributed by atoms with Crippen molar-refractivity contribution in [3.63, 3.8) is 0 Å². The van der Waals surface area contributed by atoms with Crippen LogP contribution in [0.1, 0.15) is 78.0 Å². The fourth-order valence-corrected chi connectivity index (χ4v) is 3.64. The fraction of sp³-hybridized carbons (Fsp3) is 0.571. The van der Waals surface area contributed by atoms with Crippen LogP contribution < -0.4 is 10.6 Å². The fourth-order valence-electron chi connectivity index (χ4n) is 3.64. The highest BCUT2D eigenvalue weighted by Gasteiger charge is 2.38. The molecule has 0 aromatic heterocycles. The minimum atomic E-state index is -1.14. The molecule has 1 aromatic rings. The van der Waals surface area contributed by atoms with Crippen LogP contribution in [0.3, 0.4) is 0 Å². The van der Waals surface area contributed by atoms with Crippen LogP contribution in [-0.4, -0.2) is 60.6 Å². The summed E-state index contributed by atoms with van der Waals surface area (Å²) in [5.74, 6) is 0.657. The molecular formula is C28H41N3O6. The zero-order valence-corrected chi connectivity index (χ0v) is 23.1. The molecule has 204 valence electrons. The SMILES string of the molecule is C#Cc1ccccc1C(C(=O)NCC(=O)OC)N(CCCC)C(=O)C(NC(=O)OC(C)(C)C)C(C)CC. The molecule has 0 saturated carbocycles. The Morgan fingerprint density at radius 2 is 1.78 bits per heavy atom. The van der Waals surface area contributed by atoms with Gasteiger partial charge in [-0.05, 0) is 44.7 Å². The molecule has 3 amide bonds. The van der Waals surface area contributed by atoms with Gasteiger partial charge in [-0.15, -0.1) is 6.42 Å². The molecule has 3 unspecified atom stereocenters. The minimum absolute atomic E-state index is 0.230. The van der Waals surface area contributed by atoms with Gasteiger partial charge in [0.1, 0.15) is 24.2 Å². The lowest BCUT2D eigenvalue weighted by Gasteiger charge is -2.36. The topological polar surface area (TPSA) is 114 Å². The molecule has 0 saturated heterocycles. The van der Waals surface area contributed by atoms with E-state index in [2.05, 4.69) is 21.3 Å². The van der Waals surface area contributed by atoms with Gasteiger partial charge in [-0.3, -0.25) is 14.4 Å². The van der Waals surface area contributed by atoms with E-state index in [1.165, 1.54) is 12.0 Å². The second-order valence-electron chi connectivity index (χ2n) is 9.82. The van der Waals surface area contributed by atoms with Crippen LogP contribution in [-0.2, 0) is 23.9 Å². The highest BCUT2D eigenvalue weighted by molar-refractivity contribution is 5.93. The first-order valence-electron chi connectivity index (χ1n) is 12.6.